The Kier molecular flexibility index (Phi) is 5.19. The molecule has 0 saturated carbocycles. The van der Waals surface area contributed by atoms with Crippen LogP contribution in [-0.2, 0) is 0 Å². The van der Waals surface area contributed by atoms with Crippen molar-refractivity contribution in [2.24, 2.45) is 0 Å². The van der Waals surface area contributed by atoms with Crippen molar-refractivity contribution < 1.29 is 0 Å². The minimum absolute atomic E-state index is 0.350. The lowest BCUT2D eigenvalue weighted by Gasteiger charge is -2.34. The Hall–Kier alpha value is 0.310. The van der Waals surface area contributed by atoms with Crippen LogP contribution in [0.2, 0.25) is 0 Å². The van der Waals surface area contributed by atoms with Gasteiger partial charge in [0.1, 0.15) is 0 Å². The first-order valence-electron chi connectivity index (χ1n) is 4.36. The second-order valence-electron chi connectivity index (χ2n) is 3.66. The molecule has 1 nitrogen and oxygen atoms in total. The van der Waals surface area contributed by atoms with E-state index in [4.69, 9.17) is 0 Å². The number of thiol groups is 1. The summed E-state index contributed by atoms with van der Waals surface area (Å²) in [5, 5.41) is 0. The highest BCUT2D eigenvalue weighted by Crippen LogP contribution is 2.16. The van der Waals surface area contributed by atoms with E-state index >= 15 is 0 Å². The molecule has 0 atom stereocenters. The van der Waals surface area contributed by atoms with Gasteiger partial charge < -0.3 is 4.90 Å². The Morgan fingerprint density at radius 2 is 1.91 bits per heavy atom. The van der Waals surface area contributed by atoms with Crippen LogP contribution >= 0.6 is 12.6 Å². The molecule has 0 amide bonds. The molecule has 11 heavy (non-hydrogen) atoms. The molecule has 0 aromatic heterocycles. The maximum absolute atomic E-state index is 4.19. The van der Waals surface area contributed by atoms with Gasteiger partial charge in [-0.05, 0) is 46.0 Å². The summed E-state index contributed by atoms with van der Waals surface area (Å²) in [6, 6.07) is 0. The first-order chi connectivity index (χ1) is 5.04. The number of nitrogens with zero attached hydrogens (tertiary/aromatic N) is 1. The average molecular weight is 175 g/mol. The predicted octanol–water partition coefficient (Wildman–Crippen LogP) is 2.43. The van der Waals surface area contributed by atoms with E-state index < -0.39 is 0 Å². The van der Waals surface area contributed by atoms with Crippen molar-refractivity contribution in [2.45, 2.75) is 39.2 Å². The van der Waals surface area contributed by atoms with E-state index in [2.05, 4.69) is 45.3 Å². The minimum Gasteiger partial charge on any atom is -0.301 e. The van der Waals surface area contributed by atoms with Crippen molar-refractivity contribution in [3.8, 4) is 0 Å². The first kappa shape index (κ1) is 11.3. The van der Waals surface area contributed by atoms with Crippen molar-refractivity contribution in [1.29, 1.82) is 0 Å². The number of rotatable bonds is 5. The first-order valence-corrected chi connectivity index (χ1v) is 5.00. The van der Waals surface area contributed by atoms with Crippen LogP contribution in [-0.4, -0.2) is 29.8 Å². The normalized spacial score (nSPS) is 12.5. The van der Waals surface area contributed by atoms with Crippen LogP contribution < -0.4 is 0 Å². The molecule has 0 radical (unpaired) electrons. The molecule has 68 valence electrons. The van der Waals surface area contributed by atoms with Crippen LogP contribution in [0.15, 0.2) is 0 Å². The zero-order valence-corrected chi connectivity index (χ0v) is 9.12. The molecule has 0 aromatic rings. The topological polar surface area (TPSA) is 3.24 Å². The Balaban J connectivity index is 3.71. The fourth-order valence-electron chi connectivity index (χ4n) is 0.880. The second kappa shape index (κ2) is 5.04. The molecule has 0 N–H and O–H groups in total. The van der Waals surface area contributed by atoms with Gasteiger partial charge >= 0.3 is 0 Å². The van der Waals surface area contributed by atoms with Gasteiger partial charge in [0.15, 0.2) is 0 Å². The smallest absolute Gasteiger partial charge is 0.0147 e. The molecule has 0 heterocycles. The summed E-state index contributed by atoms with van der Waals surface area (Å²) in [7, 11) is 2.19. The van der Waals surface area contributed by atoms with Crippen molar-refractivity contribution in [1.82, 2.24) is 4.90 Å². The molecule has 0 bridgehead atoms. The van der Waals surface area contributed by atoms with Crippen LogP contribution in [0.3, 0.4) is 0 Å². The quantitative estimate of drug-likeness (QED) is 0.628. The minimum atomic E-state index is 0.350. The molecular weight excluding hydrogens is 154 g/mol. The van der Waals surface area contributed by atoms with Crippen molar-refractivity contribution >= 4 is 12.6 Å². The van der Waals surface area contributed by atoms with Gasteiger partial charge in [-0.3, -0.25) is 0 Å². The Labute approximate surface area is 76.6 Å². The van der Waals surface area contributed by atoms with Gasteiger partial charge in [-0.2, -0.15) is 12.6 Å². The summed E-state index contributed by atoms with van der Waals surface area (Å²) in [4.78, 5) is 2.41. The summed E-state index contributed by atoms with van der Waals surface area (Å²) in [5.74, 6) is 0.990. The van der Waals surface area contributed by atoms with E-state index in [1.54, 1.807) is 0 Å². The highest BCUT2D eigenvalue weighted by molar-refractivity contribution is 7.80. The zero-order valence-electron chi connectivity index (χ0n) is 8.22. The molecule has 0 rings (SSSR count). The van der Waals surface area contributed by atoms with Gasteiger partial charge in [0.2, 0.25) is 0 Å². The third-order valence-corrected chi connectivity index (χ3v) is 2.87. The maximum Gasteiger partial charge on any atom is 0.0147 e. The summed E-state index contributed by atoms with van der Waals surface area (Å²) in [6.07, 6.45) is 2.39. The van der Waals surface area contributed by atoms with E-state index in [1.807, 2.05) is 0 Å². The van der Waals surface area contributed by atoms with Gasteiger partial charge in [0.25, 0.3) is 0 Å². The monoisotopic (exact) mass is 175 g/mol. The predicted molar refractivity (Wildman–Crippen MR) is 55.5 cm³/mol. The van der Waals surface area contributed by atoms with Gasteiger partial charge in [0, 0.05) is 5.54 Å². The Bertz CT molecular complexity index is 102. The second-order valence-corrected chi connectivity index (χ2v) is 4.11. The fourth-order valence-corrected chi connectivity index (χ4v) is 1.02. The summed E-state index contributed by atoms with van der Waals surface area (Å²) >= 11 is 4.19. The lowest BCUT2D eigenvalue weighted by Crippen LogP contribution is -2.41. The highest BCUT2D eigenvalue weighted by atomic mass is 32.1. The van der Waals surface area contributed by atoms with E-state index in [1.165, 1.54) is 12.8 Å². The van der Waals surface area contributed by atoms with Gasteiger partial charge in [0.05, 0.1) is 0 Å². The molecule has 0 aliphatic rings. The molecule has 0 saturated heterocycles. The van der Waals surface area contributed by atoms with Gasteiger partial charge in [-0.1, -0.05) is 6.92 Å². The third-order valence-electron chi connectivity index (χ3n) is 2.55. The molecule has 0 fully saturated rings. The SMILES string of the molecule is CCC(C)(C)N(C)CCCS. The van der Waals surface area contributed by atoms with E-state index in [0.29, 0.717) is 5.54 Å². The van der Waals surface area contributed by atoms with Crippen LogP contribution in [0.25, 0.3) is 0 Å². The van der Waals surface area contributed by atoms with Crippen molar-refractivity contribution in [3.05, 3.63) is 0 Å². The maximum atomic E-state index is 4.19. The fraction of sp³-hybridized carbons (Fsp3) is 1.00. The molecule has 0 aromatic carbocycles. The highest BCUT2D eigenvalue weighted by Gasteiger charge is 2.19. The Morgan fingerprint density at radius 1 is 1.36 bits per heavy atom. The molecule has 2 heteroatoms. The van der Waals surface area contributed by atoms with E-state index in [9.17, 15) is 0 Å². The Morgan fingerprint density at radius 3 is 2.27 bits per heavy atom. The van der Waals surface area contributed by atoms with E-state index in [-0.39, 0.29) is 0 Å². The average Bonchev–Trinajstić information content (AvgIpc) is 2.00. The zero-order chi connectivity index (χ0) is 8.91. The molecule has 0 unspecified atom stereocenters. The largest absolute Gasteiger partial charge is 0.301 e. The third kappa shape index (κ3) is 4.02. The van der Waals surface area contributed by atoms with E-state index in [0.717, 1.165) is 12.3 Å². The lowest BCUT2D eigenvalue weighted by molar-refractivity contribution is 0.152. The number of hydrogen-bond donors (Lipinski definition) is 1. The molecule has 0 aliphatic heterocycles. The molecule has 0 spiro atoms. The van der Waals surface area contributed by atoms with Gasteiger partial charge in [-0.25, -0.2) is 0 Å². The number of hydrogen-bond acceptors (Lipinski definition) is 2. The van der Waals surface area contributed by atoms with Crippen molar-refractivity contribution in [3.63, 3.8) is 0 Å². The molecular formula is C9H21NS. The molecule has 0 aliphatic carbocycles. The van der Waals surface area contributed by atoms with Crippen LogP contribution in [0, 0.1) is 0 Å². The van der Waals surface area contributed by atoms with Crippen LogP contribution in [0.1, 0.15) is 33.6 Å². The summed E-state index contributed by atoms with van der Waals surface area (Å²) in [6.45, 7) is 7.96. The standard InChI is InChI=1S/C9H21NS/c1-5-9(2,3)10(4)7-6-8-11/h11H,5-8H2,1-4H3. The summed E-state index contributed by atoms with van der Waals surface area (Å²) < 4.78 is 0. The summed E-state index contributed by atoms with van der Waals surface area (Å²) in [5.41, 5.74) is 0.350. The lowest BCUT2D eigenvalue weighted by atomic mass is 10.00. The van der Waals surface area contributed by atoms with Crippen LogP contribution in [0.5, 0.6) is 0 Å². The van der Waals surface area contributed by atoms with Gasteiger partial charge in [-0.15, -0.1) is 0 Å². The van der Waals surface area contributed by atoms with Crippen molar-refractivity contribution in [2.75, 3.05) is 19.3 Å². The van der Waals surface area contributed by atoms with Crippen LogP contribution in [0.4, 0.5) is 0 Å².